The van der Waals surface area contributed by atoms with E-state index in [1.807, 2.05) is 24.1 Å². The quantitative estimate of drug-likeness (QED) is 0.194. The second kappa shape index (κ2) is 15.8. The Kier molecular flexibility index (Phi) is 11.2. The number of hydrogen-bond donors (Lipinski definition) is 3. The molecule has 3 aromatic heterocycles. The zero-order chi connectivity index (χ0) is 41.7. The van der Waals surface area contributed by atoms with Gasteiger partial charge in [-0.1, -0.05) is 53.5 Å². The summed E-state index contributed by atoms with van der Waals surface area (Å²) in [6.07, 6.45) is -1.15. The normalized spacial score (nSPS) is 17.6. The molecule has 1 atom stereocenters. The summed E-state index contributed by atoms with van der Waals surface area (Å²) < 4.78 is 48.5. The third-order valence-electron chi connectivity index (χ3n) is 11.0. The number of urea groups is 1. The van der Waals surface area contributed by atoms with Gasteiger partial charge in [0.05, 0.1) is 40.7 Å². The minimum atomic E-state index is -4.96. The fourth-order valence-electron chi connectivity index (χ4n) is 7.82. The van der Waals surface area contributed by atoms with Crippen LogP contribution in [-0.4, -0.2) is 97.5 Å². The van der Waals surface area contributed by atoms with Crippen molar-refractivity contribution in [1.82, 2.24) is 39.2 Å². The third kappa shape index (κ3) is 7.24. The Bertz CT molecular complexity index is 2560. The number of nitrogens with one attached hydrogen (secondary N) is 2. The number of alkyl halides is 3. The van der Waals surface area contributed by atoms with Crippen LogP contribution >= 0.6 is 23.2 Å². The topological polar surface area (TPSA) is 160 Å². The molecule has 2 fully saturated rings. The maximum absolute atomic E-state index is 13.8. The van der Waals surface area contributed by atoms with Crippen molar-refractivity contribution in [1.29, 1.82) is 0 Å². The van der Waals surface area contributed by atoms with Crippen LogP contribution in [0.25, 0.3) is 33.4 Å². The number of nitrogens with zero attached hydrogens (tertiary/aromatic N) is 7. The second-order valence-electron chi connectivity index (χ2n) is 14.4. The highest BCUT2D eigenvalue weighted by Crippen LogP contribution is 2.43. The molecule has 2 aliphatic heterocycles. The number of methoxy groups -OCH3 is 1. The highest BCUT2D eigenvalue weighted by Gasteiger charge is 2.48. The number of likely N-dealkylation sites (N-methyl/N-ethyl adjacent to an activating group) is 1. The van der Waals surface area contributed by atoms with Gasteiger partial charge >= 0.3 is 17.9 Å². The number of amides is 2. The minimum absolute atomic E-state index is 0.0216. The molecule has 1 unspecified atom stereocenters. The fraction of sp³-hybridized carbons (Fsp3) is 0.385. The Morgan fingerprint density at radius 2 is 1.67 bits per heavy atom. The van der Waals surface area contributed by atoms with Crippen LogP contribution in [0.2, 0.25) is 10.0 Å². The van der Waals surface area contributed by atoms with E-state index in [-0.39, 0.29) is 34.3 Å². The Balaban J connectivity index is 0.000000307. The van der Waals surface area contributed by atoms with E-state index in [9.17, 15) is 27.6 Å². The number of hydrogen-bond acceptors (Lipinski definition) is 10. The minimum Gasteiger partial charge on any atom is -0.481 e. The maximum Gasteiger partial charge on any atom is 0.451 e. The van der Waals surface area contributed by atoms with Crippen molar-refractivity contribution in [3.8, 4) is 28.3 Å². The molecule has 1 aliphatic carbocycles. The first-order valence-corrected chi connectivity index (χ1v) is 19.2. The third-order valence-corrected chi connectivity index (χ3v) is 11.8. The Morgan fingerprint density at radius 3 is 2.34 bits per heavy atom. The van der Waals surface area contributed by atoms with E-state index < -0.39 is 34.7 Å². The van der Waals surface area contributed by atoms with Gasteiger partial charge in [-0.25, -0.2) is 24.5 Å². The van der Waals surface area contributed by atoms with Crippen molar-refractivity contribution in [3.05, 3.63) is 90.3 Å². The summed E-state index contributed by atoms with van der Waals surface area (Å²) >= 11 is 13.8. The van der Waals surface area contributed by atoms with E-state index >= 15 is 0 Å². The lowest BCUT2D eigenvalue weighted by molar-refractivity contribution is -0.144. The summed E-state index contributed by atoms with van der Waals surface area (Å²) in [4.78, 5) is 52.7. The van der Waals surface area contributed by atoms with Crippen LogP contribution in [0.1, 0.15) is 29.8 Å². The number of fused-ring (bicyclic) bond motifs is 2. The van der Waals surface area contributed by atoms with Crippen LogP contribution in [-0.2, 0) is 33.1 Å². The van der Waals surface area contributed by atoms with Crippen molar-refractivity contribution in [2.24, 2.45) is 14.1 Å². The molecular weight excluding hydrogens is 802 g/mol. The molecule has 8 rings (SSSR count). The zero-order valence-corrected chi connectivity index (χ0v) is 33.5. The molecule has 58 heavy (non-hydrogen) atoms. The smallest absolute Gasteiger partial charge is 0.451 e. The molecule has 5 aromatic rings. The van der Waals surface area contributed by atoms with Crippen molar-refractivity contribution in [3.63, 3.8) is 0 Å². The summed E-state index contributed by atoms with van der Waals surface area (Å²) in [6, 6.07) is 12.3. The van der Waals surface area contributed by atoms with Gasteiger partial charge in [-0.05, 0) is 49.9 Å². The summed E-state index contributed by atoms with van der Waals surface area (Å²) in [7, 11) is 5.86. The predicted molar refractivity (Wildman–Crippen MR) is 214 cm³/mol. The molecule has 2 amide bonds. The van der Waals surface area contributed by atoms with Crippen LogP contribution in [0.15, 0.2) is 52.1 Å². The lowest BCUT2D eigenvalue weighted by atomic mass is 9.99. The van der Waals surface area contributed by atoms with Gasteiger partial charge in [0, 0.05) is 63.0 Å². The largest absolute Gasteiger partial charge is 0.481 e. The van der Waals surface area contributed by atoms with E-state index in [2.05, 4.69) is 20.6 Å². The molecule has 0 bridgehead atoms. The van der Waals surface area contributed by atoms with Gasteiger partial charge in [0.2, 0.25) is 11.7 Å². The van der Waals surface area contributed by atoms with Gasteiger partial charge in [0.1, 0.15) is 11.2 Å². The number of anilines is 2. The first kappa shape index (κ1) is 40.9. The number of carbonyl (C=O) groups excluding carboxylic acids is 1. The van der Waals surface area contributed by atoms with Crippen LogP contribution in [0.5, 0.6) is 5.88 Å². The number of aromatic nitrogens is 5. The summed E-state index contributed by atoms with van der Waals surface area (Å²) in [5.74, 6) is -1.44. The standard InChI is InChI=1S/C30H23Cl2F3N6O3.C9H17N3O2/c1-40-25-21(27(42)41(2)29(40)43)24(38-28(39-25)30(33,34)35)36-19-12-6-10-17(23(19)32)16-9-5-11-18(22(16)31)20-13-14-7-4-8-15(14)26(37-20)44-3;1-11-8(14)12(4-5-13)7-9(11)2-3-10-6-9/h5-6,9-13H,4,7-8H2,1-3H3,(H,36,38,39);10,13H,2-7H2,1H3. The number of halogens is 5. The number of pyridine rings is 1. The van der Waals surface area contributed by atoms with Gasteiger partial charge in [-0.15, -0.1) is 0 Å². The van der Waals surface area contributed by atoms with Crippen molar-refractivity contribution >= 4 is 51.8 Å². The number of β-amino-alcohol motifs (C(OH)–C–C–N with tert-alkyl or cyclic N) is 1. The second-order valence-corrected chi connectivity index (χ2v) is 15.2. The monoisotopic (exact) mass is 841 g/mol. The molecule has 2 aromatic carbocycles. The van der Waals surface area contributed by atoms with Crippen LogP contribution < -0.4 is 26.6 Å². The molecule has 0 radical (unpaired) electrons. The number of benzene rings is 2. The molecule has 5 heterocycles. The lowest BCUT2D eigenvalue weighted by Crippen LogP contribution is -2.46. The Morgan fingerprint density at radius 1 is 0.966 bits per heavy atom. The SMILES string of the molecule is CN1C(=O)N(CCO)CC12CCNC2.COc1nc(-c2cccc(-c3cccc(Nc4nc(C(F)(F)F)nc5c4c(=O)n(C)c(=O)n5C)c3Cl)c2Cl)cc2c1CCC2. The molecule has 0 saturated carbocycles. The van der Waals surface area contributed by atoms with Gasteiger partial charge in [-0.3, -0.25) is 13.9 Å². The first-order chi connectivity index (χ1) is 27.6. The molecular formula is C39H40Cl2F3N9O5. The van der Waals surface area contributed by atoms with Crippen molar-refractivity contribution in [2.75, 3.05) is 52.3 Å². The number of aliphatic hydroxyl groups excluding tert-OH is 1. The first-order valence-electron chi connectivity index (χ1n) is 18.4. The van der Waals surface area contributed by atoms with Gasteiger partial charge in [-0.2, -0.15) is 13.2 Å². The maximum atomic E-state index is 13.8. The summed E-state index contributed by atoms with van der Waals surface area (Å²) in [6.45, 7) is 3.09. The molecule has 1 spiro atoms. The van der Waals surface area contributed by atoms with Crippen LogP contribution in [0, 0.1) is 0 Å². The molecule has 14 nitrogen and oxygen atoms in total. The average Bonchev–Trinajstić information content (AvgIpc) is 3.94. The van der Waals surface area contributed by atoms with Gasteiger partial charge in [0.15, 0.2) is 5.65 Å². The zero-order valence-electron chi connectivity index (χ0n) is 32.0. The molecule has 3 N–H and O–H groups in total. The predicted octanol–water partition coefficient (Wildman–Crippen LogP) is 5.40. The van der Waals surface area contributed by atoms with E-state index in [1.165, 1.54) is 20.2 Å². The van der Waals surface area contributed by atoms with Crippen molar-refractivity contribution < 1.29 is 27.8 Å². The van der Waals surface area contributed by atoms with E-state index in [1.54, 1.807) is 36.3 Å². The Labute approximate surface area is 340 Å². The fourth-order valence-corrected chi connectivity index (χ4v) is 8.42. The molecule has 19 heteroatoms. The van der Waals surface area contributed by atoms with Gasteiger partial charge in [0.25, 0.3) is 5.56 Å². The molecule has 3 aliphatic rings. The van der Waals surface area contributed by atoms with Crippen molar-refractivity contribution in [2.45, 2.75) is 37.4 Å². The van der Waals surface area contributed by atoms with E-state index in [0.29, 0.717) is 39.8 Å². The lowest BCUT2D eigenvalue weighted by Gasteiger charge is -2.28. The number of carbonyl (C=O) groups is 1. The van der Waals surface area contributed by atoms with Crippen LogP contribution in [0.4, 0.5) is 29.5 Å². The van der Waals surface area contributed by atoms with Gasteiger partial charge < -0.3 is 30.3 Å². The summed E-state index contributed by atoms with van der Waals surface area (Å²) in [5.41, 5.74) is 2.45. The van der Waals surface area contributed by atoms with E-state index in [0.717, 1.165) is 65.6 Å². The number of aryl methyl sites for hydroxylation is 2. The number of ether oxygens (including phenoxy) is 1. The number of aliphatic hydroxyl groups is 1. The van der Waals surface area contributed by atoms with E-state index in [4.69, 9.17) is 38.0 Å². The molecule has 306 valence electrons. The molecule has 2 saturated heterocycles. The highest BCUT2D eigenvalue weighted by atomic mass is 35.5. The average molecular weight is 843 g/mol. The summed E-state index contributed by atoms with van der Waals surface area (Å²) in [5, 5.41) is 15.0. The van der Waals surface area contributed by atoms with Crippen LogP contribution in [0.3, 0.4) is 0 Å². The Hall–Kier alpha value is -5.23. The highest BCUT2D eigenvalue weighted by molar-refractivity contribution is 6.39. The number of rotatable bonds is 7.